The van der Waals surface area contributed by atoms with E-state index in [-0.39, 0.29) is 0 Å². The van der Waals surface area contributed by atoms with Crippen LogP contribution in [-0.4, -0.2) is 33.3 Å². The first kappa shape index (κ1) is 11.4. The van der Waals surface area contributed by atoms with Crippen molar-refractivity contribution in [1.29, 1.82) is 0 Å². The van der Waals surface area contributed by atoms with E-state index in [2.05, 4.69) is 40.2 Å². The highest BCUT2D eigenvalue weighted by Crippen LogP contribution is 2.09. The molecule has 1 N–H and O–H groups in total. The zero-order valence-corrected chi connectivity index (χ0v) is 9.89. The van der Waals surface area contributed by atoms with Crippen molar-refractivity contribution in [1.82, 2.24) is 14.8 Å². The molecule has 0 radical (unpaired) electrons. The van der Waals surface area contributed by atoms with Gasteiger partial charge in [0.2, 0.25) is 5.95 Å². The fourth-order valence-corrected chi connectivity index (χ4v) is 1.72. The van der Waals surface area contributed by atoms with Gasteiger partial charge in [-0.15, -0.1) is 10.2 Å². The molecule has 0 saturated heterocycles. The molecule has 0 aliphatic rings. The van der Waals surface area contributed by atoms with Gasteiger partial charge >= 0.3 is 0 Å². The number of hydrogen-bond donors (Lipinski definition) is 1. The second kappa shape index (κ2) is 5.90. The average molecular weight is 214 g/mol. The molecular weight excluding hydrogens is 196 g/mol. The molecule has 5 heteroatoms. The number of nitrogens with one attached hydrogen (secondary N) is 1. The van der Waals surface area contributed by atoms with Crippen molar-refractivity contribution in [2.75, 3.05) is 23.9 Å². The molecule has 1 aromatic rings. The van der Waals surface area contributed by atoms with Gasteiger partial charge in [-0.25, -0.2) is 0 Å². The summed E-state index contributed by atoms with van der Waals surface area (Å²) in [7, 11) is 0. The van der Waals surface area contributed by atoms with Gasteiger partial charge in [0.1, 0.15) is 5.82 Å². The number of nitrogens with zero attached hydrogens (tertiary/aromatic N) is 3. The van der Waals surface area contributed by atoms with E-state index in [1.54, 1.807) is 0 Å². The van der Waals surface area contributed by atoms with E-state index < -0.39 is 0 Å². The minimum absolute atomic E-state index is 0.890. The third-order valence-corrected chi connectivity index (χ3v) is 2.62. The fourth-order valence-electron chi connectivity index (χ4n) is 1.33. The van der Waals surface area contributed by atoms with Crippen LogP contribution >= 0.6 is 11.8 Å². The van der Waals surface area contributed by atoms with Gasteiger partial charge < -0.3 is 5.32 Å². The summed E-state index contributed by atoms with van der Waals surface area (Å²) in [6.07, 6.45) is 3.10. The molecule has 1 rings (SSSR count). The Labute approximate surface area is 89.5 Å². The molecular formula is C9H18N4S. The second-order valence-corrected chi connectivity index (χ2v) is 3.94. The summed E-state index contributed by atoms with van der Waals surface area (Å²) >= 11 is 1.84. The topological polar surface area (TPSA) is 42.7 Å². The maximum atomic E-state index is 4.18. The van der Waals surface area contributed by atoms with Gasteiger partial charge in [-0.2, -0.15) is 11.8 Å². The SMILES string of the molecule is CCNc1nnc(CCSC)n1CC. The molecule has 0 saturated carbocycles. The van der Waals surface area contributed by atoms with E-state index in [9.17, 15) is 0 Å². The number of aromatic nitrogens is 3. The van der Waals surface area contributed by atoms with Gasteiger partial charge in [-0.3, -0.25) is 4.57 Å². The largest absolute Gasteiger partial charge is 0.355 e. The number of hydrogen-bond acceptors (Lipinski definition) is 4. The first-order valence-corrected chi connectivity index (χ1v) is 6.37. The zero-order chi connectivity index (χ0) is 10.4. The fraction of sp³-hybridized carbons (Fsp3) is 0.778. The van der Waals surface area contributed by atoms with Crippen LogP contribution in [0, 0.1) is 0 Å². The van der Waals surface area contributed by atoms with Crippen molar-refractivity contribution in [2.24, 2.45) is 0 Å². The van der Waals surface area contributed by atoms with Crippen LogP contribution in [0.15, 0.2) is 0 Å². The Morgan fingerprint density at radius 3 is 2.71 bits per heavy atom. The van der Waals surface area contributed by atoms with E-state index in [1.807, 2.05) is 11.8 Å². The number of aryl methyl sites for hydroxylation is 1. The van der Waals surface area contributed by atoms with Crippen LogP contribution in [0.3, 0.4) is 0 Å². The molecule has 0 bridgehead atoms. The summed E-state index contributed by atoms with van der Waals surface area (Å²) in [5.41, 5.74) is 0. The van der Waals surface area contributed by atoms with Crippen LogP contribution in [-0.2, 0) is 13.0 Å². The average Bonchev–Trinajstić information content (AvgIpc) is 2.58. The normalized spacial score (nSPS) is 10.5. The van der Waals surface area contributed by atoms with Crippen molar-refractivity contribution in [2.45, 2.75) is 26.8 Å². The monoisotopic (exact) mass is 214 g/mol. The first-order chi connectivity index (χ1) is 6.83. The maximum Gasteiger partial charge on any atom is 0.224 e. The van der Waals surface area contributed by atoms with Gasteiger partial charge in [0.15, 0.2) is 0 Å². The number of rotatable bonds is 6. The molecule has 0 aromatic carbocycles. The minimum atomic E-state index is 0.890. The summed E-state index contributed by atoms with van der Waals surface area (Å²) in [6.45, 7) is 6.00. The lowest BCUT2D eigenvalue weighted by Gasteiger charge is -2.07. The Kier molecular flexibility index (Phi) is 4.79. The summed E-state index contributed by atoms with van der Waals surface area (Å²) in [5.74, 6) is 3.08. The lowest BCUT2D eigenvalue weighted by Crippen LogP contribution is -2.09. The Morgan fingerprint density at radius 2 is 2.14 bits per heavy atom. The molecule has 80 valence electrons. The van der Waals surface area contributed by atoms with Crippen molar-refractivity contribution < 1.29 is 0 Å². The molecule has 0 amide bonds. The molecule has 0 spiro atoms. The van der Waals surface area contributed by atoms with Gasteiger partial charge in [-0.05, 0) is 20.1 Å². The van der Waals surface area contributed by atoms with Crippen LogP contribution in [0.1, 0.15) is 19.7 Å². The smallest absolute Gasteiger partial charge is 0.224 e. The number of anilines is 1. The Bertz CT molecular complexity index is 272. The van der Waals surface area contributed by atoms with Crippen molar-refractivity contribution in [3.63, 3.8) is 0 Å². The Hall–Kier alpha value is -0.710. The molecule has 1 aromatic heterocycles. The van der Waals surface area contributed by atoms with Crippen LogP contribution in [0.5, 0.6) is 0 Å². The van der Waals surface area contributed by atoms with Crippen molar-refractivity contribution >= 4 is 17.7 Å². The standard InChI is InChI=1S/C9H18N4S/c1-4-10-9-12-11-8(6-7-14-3)13(9)5-2/h4-7H2,1-3H3,(H,10,12). The quantitative estimate of drug-likeness (QED) is 0.781. The summed E-state index contributed by atoms with van der Waals surface area (Å²) in [6, 6.07) is 0. The highest BCUT2D eigenvalue weighted by Gasteiger charge is 2.08. The van der Waals surface area contributed by atoms with Gasteiger partial charge in [0, 0.05) is 25.3 Å². The van der Waals surface area contributed by atoms with E-state index in [0.29, 0.717) is 0 Å². The Balaban J connectivity index is 2.73. The lowest BCUT2D eigenvalue weighted by atomic mass is 10.4. The van der Waals surface area contributed by atoms with Gasteiger partial charge in [0.25, 0.3) is 0 Å². The van der Waals surface area contributed by atoms with E-state index in [1.165, 1.54) is 0 Å². The van der Waals surface area contributed by atoms with Gasteiger partial charge in [-0.1, -0.05) is 0 Å². The van der Waals surface area contributed by atoms with Crippen LogP contribution in [0.25, 0.3) is 0 Å². The number of thioether (sulfide) groups is 1. The highest BCUT2D eigenvalue weighted by molar-refractivity contribution is 7.98. The summed E-state index contributed by atoms with van der Waals surface area (Å²) in [4.78, 5) is 0. The molecule has 0 aliphatic carbocycles. The van der Waals surface area contributed by atoms with Crippen molar-refractivity contribution in [3.8, 4) is 0 Å². The third kappa shape index (κ3) is 2.64. The molecule has 0 aliphatic heterocycles. The Morgan fingerprint density at radius 1 is 1.36 bits per heavy atom. The first-order valence-electron chi connectivity index (χ1n) is 4.98. The summed E-state index contributed by atoms with van der Waals surface area (Å²) in [5, 5.41) is 11.5. The third-order valence-electron chi connectivity index (χ3n) is 2.01. The van der Waals surface area contributed by atoms with Crippen LogP contribution < -0.4 is 5.32 Å². The van der Waals surface area contributed by atoms with E-state index in [0.717, 1.165) is 37.0 Å². The van der Waals surface area contributed by atoms with E-state index in [4.69, 9.17) is 0 Å². The molecule has 4 nitrogen and oxygen atoms in total. The molecule has 0 fully saturated rings. The van der Waals surface area contributed by atoms with Crippen molar-refractivity contribution in [3.05, 3.63) is 5.82 Å². The molecule has 0 atom stereocenters. The second-order valence-electron chi connectivity index (χ2n) is 2.96. The predicted octanol–water partition coefficient (Wildman–Crippen LogP) is 1.64. The molecule has 0 unspecified atom stereocenters. The highest BCUT2D eigenvalue weighted by atomic mass is 32.2. The van der Waals surface area contributed by atoms with E-state index >= 15 is 0 Å². The van der Waals surface area contributed by atoms with Crippen LogP contribution in [0.2, 0.25) is 0 Å². The maximum absolute atomic E-state index is 4.18. The van der Waals surface area contributed by atoms with Crippen LogP contribution in [0.4, 0.5) is 5.95 Å². The predicted molar refractivity (Wildman–Crippen MR) is 61.9 cm³/mol. The molecule has 14 heavy (non-hydrogen) atoms. The summed E-state index contributed by atoms with van der Waals surface area (Å²) < 4.78 is 2.14. The lowest BCUT2D eigenvalue weighted by molar-refractivity contribution is 0.711. The molecule has 1 heterocycles. The van der Waals surface area contributed by atoms with Gasteiger partial charge in [0.05, 0.1) is 0 Å². The zero-order valence-electron chi connectivity index (χ0n) is 9.08. The minimum Gasteiger partial charge on any atom is -0.355 e.